The van der Waals surface area contributed by atoms with Gasteiger partial charge in [0, 0.05) is 30.8 Å². The lowest BCUT2D eigenvalue weighted by atomic mass is 9.90. The molecule has 3 rings (SSSR count). The van der Waals surface area contributed by atoms with E-state index in [-0.39, 0.29) is 29.2 Å². The number of ether oxygens (including phenoxy) is 2. The van der Waals surface area contributed by atoms with E-state index in [2.05, 4.69) is 24.1 Å². The van der Waals surface area contributed by atoms with Crippen LogP contribution < -0.4 is 15.0 Å². The van der Waals surface area contributed by atoms with Crippen molar-refractivity contribution in [3.05, 3.63) is 52.8 Å². The molecule has 7 nitrogen and oxygen atoms in total. The van der Waals surface area contributed by atoms with E-state index in [9.17, 15) is 14.0 Å². The van der Waals surface area contributed by atoms with Crippen molar-refractivity contribution in [2.24, 2.45) is 5.92 Å². The maximum Gasteiger partial charge on any atom is 0.341 e. The number of anilines is 2. The smallest absolute Gasteiger partial charge is 0.341 e. The predicted octanol–water partition coefficient (Wildman–Crippen LogP) is 5.54. The van der Waals surface area contributed by atoms with Gasteiger partial charge in [-0.25, -0.2) is 9.18 Å². The summed E-state index contributed by atoms with van der Waals surface area (Å²) in [6.07, 6.45) is 3.88. The van der Waals surface area contributed by atoms with Crippen LogP contribution in [0.25, 0.3) is 0 Å². The van der Waals surface area contributed by atoms with Gasteiger partial charge < -0.3 is 24.8 Å². The van der Waals surface area contributed by atoms with Crippen molar-refractivity contribution in [1.29, 1.82) is 0 Å². The molecule has 1 aliphatic rings. The number of halogens is 2. The summed E-state index contributed by atoms with van der Waals surface area (Å²) in [5, 5.41) is 12.2. The van der Waals surface area contributed by atoms with Gasteiger partial charge >= 0.3 is 5.97 Å². The lowest BCUT2D eigenvalue weighted by molar-refractivity contribution is -0.139. The molecule has 2 aromatic carbocycles. The predicted molar refractivity (Wildman–Crippen MR) is 139 cm³/mol. The highest BCUT2D eigenvalue weighted by Crippen LogP contribution is 2.36. The van der Waals surface area contributed by atoms with Gasteiger partial charge in [-0.05, 0) is 61.4 Å². The third-order valence-corrected chi connectivity index (χ3v) is 6.49. The molecule has 196 valence electrons. The summed E-state index contributed by atoms with van der Waals surface area (Å²) in [6.45, 7) is 4.55. The number of carboxylic acids is 1. The van der Waals surface area contributed by atoms with E-state index in [0.717, 1.165) is 37.9 Å². The molecule has 2 N–H and O–H groups in total. The molecule has 1 amide bonds. The highest BCUT2D eigenvalue weighted by molar-refractivity contribution is 6.30. The third kappa shape index (κ3) is 7.83. The number of hydrogen-bond acceptors (Lipinski definition) is 5. The van der Waals surface area contributed by atoms with Gasteiger partial charge in [0.2, 0.25) is 5.91 Å². The Morgan fingerprint density at radius 3 is 2.50 bits per heavy atom. The lowest BCUT2D eigenvalue weighted by Gasteiger charge is -2.40. The normalized spacial score (nSPS) is 17.6. The Morgan fingerprint density at radius 1 is 1.17 bits per heavy atom. The molecule has 1 saturated carbocycles. The highest BCUT2D eigenvalue weighted by atomic mass is 35.5. The number of hydrogen-bond donors (Lipinski definition) is 2. The summed E-state index contributed by atoms with van der Waals surface area (Å²) >= 11 is 5.83. The molecule has 0 heterocycles. The first-order valence-corrected chi connectivity index (χ1v) is 12.6. The Morgan fingerprint density at radius 2 is 1.89 bits per heavy atom. The van der Waals surface area contributed by atoms with Crippen LogP contribution in [0.15, 0.2) is 36.4 Å². The van der Waals surface area contributed by atoms with E-state index in [0.29, 0.717) is 17.4 Å². The summed E-state index contributed by atoms with van der Waals surface area (Å²) in [5.41, 5.74) is 1.54. The second-order valence-corrected chi connectivity index (χ2v) is 9.97. The van der Waals surface area contributed by atoms with Crippen LogP contribution in [0.2, 0.25) is 5.02 Å². The van der Waals surface area contributed by atoms with Crippen LogP contribution in [-0.4, -0.2) is 49.4 Å². The van der Waals surface area contributed by atoms with Gasteiger partial charge in [0.25, 0.3) is 0 Å². The number of nitrogens with zero attached hydrogens (tertiary/aromatic N) is 1. The zero-order valence-corrected chi connectivity index (χ0v) is 21.7. The van der Waals surface area contributed by atoms with Gasteiger partial charge in [0.1, 0.15) is 11.6 Å². The summed E-state index contributed by atoms with van der Waals surface area (Å²) in [5.74, 6) is -1.37. The molecule has 0 bridgehead atoms. The second kappa shape index (κ2) is 12.9. The van der Waals surface area contributed by atoms with Crippen molar-refractivity contribution in [2.75, 3.05) is 30.5 Å². The SMILES string of the molecule is COC1CCC(N(CC(C)C)c2ccc(OCC(=O)O)cc2NC(=O)Cc2ccc(Cl)cc2F)CC1. The molecular weight excluding hydrogens is 487 g/mol. The first-order chi connectivity index (χ1) is 17.2. The molecule has 1 aliphatic carbocycles. The average molecular weight is 521 g/mol. The van der Waals surface area contributed by atoms with Gasteiger partial charge in [-0.3, -0.25) is 4.79 Å². The van der Waals surface area contributed by atoms with E-state index in [1.807, 2.05) is 6.07 Å². The van der Waals surface area contributed by atoms with Crippen LogP contribution >= 0.6 is 11.6 Å². The van der Waals surface area contributed by atoms with E-state index < -0.39 is 24.3 Å². The number of rotatable bonds is 11. The molecule has 0 spiro atoms. The largest absolute Gasteiger partial charge is 0.482 e. The summed E-state index contributed by atoms with van der Waals surface area (Å²) < 4.78 is 25.2. The first kappa shape index (κ1) is 27.7. The molecule has 0 aliphatic heterocycles. The molecule has 0 aromatic heterocycles. The van der Waals surface area contributed by atoms with Gasteiger partial charge in [-0.1, -0.05) is 31.5 Å². The van der Waals surface area contributed by atoms with Crippen molar-refractivity contribution >= 4 is 34.9 Å². The molecule has 2 aromatic rings. The zero-order chi connectivity index (χ0) is 26.2. The zero-order valence-electron chi connectivity index (χ0n) is 20.9. The number of benzene rings is 2. The van der Waals surface area contributed by atoms with Gasteiger partial charge in [-0.2, -0.15) is 0 Å². The highest BCUT2D eigenvalue weighted by Gasteiger charge is 2.28. The number of aliphatic carboxylic acids is 1. The average Bonchev–Trinajstić information content (AvgIpc) is 2.83. The molecular formula is C27H34ClFN2O5. The summed E-state index contributed by atoms with van der Waals surface area (Å²) in [7, 11) is 1.74. The molecule has 9 heteroatoms. The number of methoxy groups -OCH3 is 1. The quantitative estimate of drug-likeness (QED) is 0.404. The van der Waals surface area contributed by atoms with Gasteiger partial charge in [-0.15, -0.1) is 0 Å². The molecule has 0 atom stereocenters. The fraction of sp³-hybridized carbons (Fsp3) is 0.481. The minimum atomic E-state index is -1.10. The van der Waals surface area contributed by atoms with Gasteiger partial charge in [0.05, 0.1) is 23.9 Å². The lowest BCUT2D eigenvalue weighted by Crippen LogP contribution is -2.42. The number of carbonyl (C=O) groups excluding carboxylic acids is 1. The number of carboxylic acid groups (broad SMARTS) is 1. The molecule has 0 saturated heterocycles. The Hall–Kier alpha value is -2.84. The summed E-state index contributed by atoms with van der Waals surface area (Å²) in [6, 6.07) is 9.65. The standard InChI is InChI=1S/C27H34ClFN2O5/c1-17(2)15-31(20-6-8-21(35-3)9-7-20)25-11-10-22(36-16-27(33)34)14-24(25)30-26(32)12-18-4-5-19(28)13-23(18)29/h4-5,10-11,13-14,17,20-21H,6-9,12,15-16H2,1-3H3,(H,30,32)(H,33,34). The molecule has 36 heavy (non-hydrogen) atoms. The molecule has 0 radical (unpaired) electrons. The van der Waals surface area contributed by atoms with E-state index in [1.54, 1.807) is 25.3 Å². The van der Waals surface area contributed by atoms with E-state index in [4.69, 9.17) is 26.2 Å². The van der Waals surface area contributed by atoms with E-state index >= 15 is 0 Å². The maximum atomic E-state index is 14.3. The number of amides is 1. The number of nitrogens with one attached hydrogen (secondary N) is 1. The van der Waals surface area contributed by atoms with Crippen LogP contribution in [0, 0.1) is 11.7 Å². The Balaban J connectivity index is 1.90. The molecule has 1 fully saturated rings. The van der Waals surface area contributed by atoms with Crippen molar-refractivity contribution < 1.29 is 28.6 Å². The minimum Gasteiger partial charge on any atom is -0.482 e. The number of carbonyl (C=O) groups is 2. The fourth-order valence-corrected chi connectivity index (χ4v) is 4.72. The minimum absolute atomic E-state index is 0.175. The van der Waals surface area contributed by atoms with Crippen LogP contribution in [0.3, 0.4) is 0 Å². The van der Waals surface area contributed by atoms with Crippen LogP contribution in [0.4, 0.5) is 15.8 Å². The monoisotopic (exact) mass is 520 g/mol. The first-order valence-electron chi connectivity index (χ1n) is 12.2. The Kier molecular flexibility index (Phi) is 9.96. The topological polar surface area (TPSA) is 88.1 Å². The van der Waals surface area contributed by atoms with Gasteiger partial charge in [0.15, 0.2) is 6.61 Å². The van der Waals surface area contributed by atoms with Crippen LogP contribution in [0.5, 0.6) is 5.75 Å². The second-order valence-electron chi connectivity index (χ2n) is 9.53. The Labute approximate surface area is 216 Å². The van der Waals surface area contributed by atoms with Crippen molar-refractivity contribution in [2.45, 2.75) is 58.1 Å². The maximum absolute atomic E-state index is 14.3. The third-order valence-electron chi connectivity index (χ3n) is 6.26. The van der Waals surface area contributed by atoms with E-state index in [1.165, 1.54) is 12.1 Å². The Bertz CT molecular complexity index is 1060. The molecule has 0 unspecified atom stereocenters. The fourth-order valence-electron chi connectivity index (χ4n) is 4.56. The van der Waals surface area contributed by atoms with Crippen molar-refractivity contribution in [1.82, 2.24) is 0 Å². The van der Waals surface area contributed by atoms with Crippen LogP contribution in [-0.2, 0) is 20.7 Å². The summed E-state index contributed by atoms with van der Waals surface area (Å²) in [4.78, 5) is 26.3. The van der Waals surface area contributed by atoms with Crippen LogP contribution in [0.1, 0.15) is 45.1 Å². The van der Waals surface area contributed by atoms with Crippen molar-refractivity contribution in [3.63, 3.8) is 0 Å². The van der Waals surface area contributed by atoms with Crippen molar-refractivity contribution in [3.8, 4) is 5.75 Å².